The third-order valence-corrected chi connectivity index (χ3v) is 3.53. The summed E-state index contributed by atoms with van der Waals surface area (Å²) >= 11 is 0. The zero-order valence-electron chi connectivity index (χ0n) is 12.3. The van der Waals surface area contributed by atoms with E-state index in [0.29, 0.717) is 13.2 Å². The van der Waals surface area contributed by atoms with E-state index in [-0.39, 0.29) is 0 Å². The maximum atomic E-state index is 5.70. The normalized spacial score (nSPS) is 15.5. The summed E-state index contributed by atoms with van der Waals surface area (Å²) in [6.07, 6.45) is 0. The smallest absolute Gasteiger partial charge is 0.144 e. The van der Waals surface area contributed by atoms with Gasteiger partial charge in [0.1, 0.15) is 24.7 Å². The van der Waals surface area contributed by atoms with Crippen molar-refractivity contribution in [3.05, 3.63) is 48.5 Å². The van der Waals surface area contributed by atoms with Gasteiger partial charge in [-0.15, -0.1) is 0 Å². The van der Waals surface area contributed by atoms with Crippen molar-refractivity contribution in [2.45, 2.75) is 0 Å². The summed E-state index contributed by atoms with van der Waals surface area (Å²) < 4.78 is 10.7. The van der Waals surface area contributed by atoms with Crippen LogP contribution in [-0.2, 0) is 0 Å². The molecule has 4 rings (SSSR count). The Kier molecular flexibility index (Phi) is 4.32. The minimum atomic E-state index is 0.674. The van der Waals surface area contributed by atoms with Gasteiger partial charge in [-0.05, 0) is 24.3 Å². The summed E-state index contributed by atoms with van der Waals surface area (Å²) in [4.78, 5) is 0. The first-order valence-corrected chi connectivity index (χ1v) is 7.24. The molecule has 0 fully saturated rings. The summed E-state index contributed by atoms with van der Waals surface area (Å²) in [7, 11) is 0. The molecular formula is C16H20N4O2. The number of nitrogens with two attached hydrogens (primary N) is 2. The van der Waals surface area contributed by atoms with E-state index in [2.05, 4.69) is 0 Å². The van der Waals surface area contributed by atoms with E-state index in [9.17, 15) is 0 Å². The number of hydrogen-bond donors (Lipinski definition) is 2. The van der Waals surface area contributed by atoms with E-state index >= 15 is 0 Å². The number of anilines is 2. The zero-order valence-corrected chi connectivity index (χ0v) is 12.3. The molecule has 2 aliphatic heterocycles. The van der Waals surface area contributed by atoms with Gasteiger partial charge in [0.25, 0.3) is 0 Å². The number of rotatable bonds is 0. The van der Waals surface area contributed by atoms with Crippen LogP contribution >= 0.6 is 0 Å². The minimum absolute atomic E-state index is 0.674. The molecule has 0 bridgehead atoms. The molecule has 2 aliphatic rings. The third kappa shape index (κ3) is 3.08. The highest BCUT2D eigenvalue weighted by molar-refractivity contribution is 5.59. The lowest BCUT2D eigenvalue weighted by molar-refractivity contribution is 0.308. The van der Waals surface area contributed by atoms with Crippen molar-refractivity contribution >= 4 is 11.4 Å². The Morgan fingerprint density at radius 1 is 0.682 bits per heavy atom. The average Bonchev–Trinajstić information content (AvgIpc) is 2.57. The van der Waals surface area contributed by atoms with Crippen LogP contribution in [0.15, 0.2) is 48.5 Å². The minimum Gasteiger partial charge on any atom is -0.489 e. The molecule has 0 radical (unpaired) electrons. The largest absolute Gasteiger partial charge is 0.489 e. The molecule has 2 aromatic rings. The fourth-order valence-electron chi connectivity index (χ4n) is 2.38. The van der Waals surface area contributed by atoms with E-state index in [4.69, 9.17) is 21.2 Å². The van der Waals surface area contributed by atoms with Crippen molar-refractivity contribution in [1.82, 2.24) is 0 Å². The van der Waals surface area contributed by atoms with Crippen LogP contribution < -0.4 is 31.2 Å². The van der Waals surface area contributed by atoms with E-state index in [0.717, 1.165) is 36.0 Å². The van der Waals surface area contributed by atoms with Crippen molar-refractivity contribution in [2.24, 2.45) is 11.7 Å². The van der Waals surface area contributed by atoms with Crippen LogP contribution in [0.4, 0.5) is 11.4 Å². The highest BCUT2D eigenvalue weighted by Crippen LogP contribution is 2.29. The number of benzene rings is 2. The van der Waals surface area contributed by atoms with Crippen LogP contribution in [0.1, 0.15) is 0 Å². The molecule has 0 saturated heterocycles. The van der Waals surface area contributed by atoms with Gasteiger partial charge in [0, 0.05) is 0 Å². The molecule has 0 aliphatic carbocycles. The molecular weight excluding hydrogens is 280 g/mol. The fraction of sp³-hybridized carbons (Fsp3) is 0.250. The molecule has 2 heterocycles. The predicted octanol–water partition coefficient (Wildman–Crippen LogP) is 1.52. The molecule has 0 spiro atoms. The van der Waals surface area contributed by atoms with Gasteiger partial charge in [0.15, 0.2) is 0 Å². The lowest BCUT2D eigenvalue weighted by atomic mass is 10.2. The van der Waals surface area contributed by atoms with Crippen LogP contribution in [0.2, 0.25) is 0 Å². The quantitative estimate of drug-likeness (QED) is 0.718. The van der Waals surface area contributed by atoms with Crippen LogP contribution in [-0.4, -0.2) is 26.3 Å². The molecule has 2 aromatic carbocycles. The van der Waals surface area contributed by atoms with Gasteiger partial charge in [-0.3, -0.25) is 0 Å². The number of ether oxygens (including phenoxy) is 2. The Labute approximate surface area is 129 Å². The molecule has 4 N–H and O–H groups in total. The number of nitrogens with zero attached hydrogens (tertiary/aromatic N) is 2. The first kappa shape index (κ1) is 14.5. The Bertz CT molecular complexity index is 580. The second-order valence-corrected chi connectivity index (χ2v) is 5.02. The van der Waals surface area contributed by atoms with Crippen LogP contribution in [0.25, 0.3) is 0 Å². The van der Waals surface area contributed by atoms with E-state index in [1.165, 1.54) is 0 Å². The van der Waals surface area contributed by atoms with Gasteiger partial charge in [0.05, 0.1) is 24.5 Å². The van der Waals surface area contributed by atoms with Gasteiger partial charge in [-0.1, -0.05) is 24.3 Å². The van der Waals surface area contributed by atoms with Crippen LogP contribution in [0.3, 0.4) is 0 Å². The Morgan fingerprint density at radius 2 is 1.09 bits per heavy atom. The highest BCUT2D eigenvalue weighted by atomic mass is 16.5. The number of para-hydroxylation sites is 4. The standard InChI is InChI=1S/2C8H10N2O/c2*9-10-5-6-11-8-4-2-1-3-7(8)10/h2*1-4H,5-6,9H2. The van der Waals surface area contributed by atoms with E-state index in [1.807, 2.05) is 48.5 Å². The van der Waals surface area contributed by atoms with Crippen LogP contribution in [0, 0.1) is 0 Å². The molecule has 0 atom stereocenters. The SMILES string of the molecule is NN1CCOc2ccccc21.NN1CCOc2ccccc21. The van der Waals surface area contributed by atoms with E-state index < -0.39 is 0 Å². The molecule has 6 nitrogen and oxygen atoms in total. The van der Waals surface area contributed by atoms with Gasteiger partial charge in [0.2, 0.25) is 0 Å². The molecule has 116 valence electrons. The van der Waals surface area contributed by atoms with Crippen molar-refractivity contribution in [3.8, 4) is 11.5 Å². The topological polar surface area (TPSA) is 77.0 Å². The summed E-state index contributed by atoms with van der Waals surface area (Å²) in [6, 6.07) is 15.5. The Morgan fingerprint density at radius 3 is 1.50 bits per heavy atom. The van der Waals surface area contributed by atoms with Gasteiger partial charge < -0.3 is 19.5 Å². The Balaban J connectivity index is 0.000000131. The van der Waals surface area contributed by atoms with Crippen molar-refractivity contribution in [1.29, 1.82) is 0 Å². The first-order valence-electron chi connectivity index (χ1n) is 7.24. The monoisotopic (exact) mass is 300 g/mol. The predicted molar refractivity (Wildman–Crippen MR) is 86.9 cm³/mol. The summed E-state index contributed by atoms with van der Waals surface area (Å²) in [5.41, 5.74) is 1.94. The van der Waals surface area contributed by atoms with Gasteiger partial charge >= 0.3 is 0 Å². The van der Waals surface area contributed by atoms with Gasteiger partial charge in [-0.2, -0.15) is 0 Å². The lowest BCUT2D eigenvalue weighted by Crippen LogP contribution is -2.38. The van der Waals surface area contributed by atoms with Crippen molar-refractivity contribution in [2.75, 3.05) is 36.3 Å². The zero-order chi connectivity index (χ0) is 15.4. The maximum Gasteiger partial charge on any atom is 0.144 e. The van der Waals surface area contributed by atoms with E-state index in [1.54, 1.807) is 10.0 Å². The molecule has 0 unspecified atom stereocenters. The molecule has 0 aromatic heterocycles. The average molecular weight is 300 g/mol. The van der Waals surface area contributed by atoms with Crippen molar-refractivity contribution in [3.63, 3.8) is 0 Å². The fourth-order valence-corrected chi connectivity index (χ4v) is 2.38. The second kappa shape index (κ2) is 6.55. The molecule has 22 heavy (non-hydrogen) atoms. The summed E-state index contributed by atoms with van der Waals surface area (Å²) in [5, 5.41) is 3.41. The first-order chi connectivity index (χ1) is 10.8. The second-order valence-electron chi connectivity index (χ2n) is 5.02. The van der Waals surface area contributed by atoms with Crippen LogP contribution in [0.5, 0.6) is 11.5 Å². The highest BCUT2D eigenvalue weighted by Gasteiger charge is 2.13. The summed E-state index contributed by atoms with van der Waals surface area (Å²) in [6.45, 7) is 2.87. The molecule has 6 heteroatoms. The third-order valence-electron chi connectivity index (χ3n) is 3.53. The number of hydrazine groups is 2. The van der Waals surface area contributed by atoms with Gasteiger partial charge in [-0.25, -0.2) is 11.7 Å². The Hall–Kier alpha value is -2.44. The molecule has 0 amide bonds. The number of hydrogen-bond acceptors (Lipinski definition) is 6. The molecule has 0 saturated carbocycles. The maximum absolute atomic E-state index is 5.70. The number of fused-ring (bicyclic) bond motifs is 2. The van der Waals surface area contributed by atoms with Crippen molar-refractivity contribution < 1.29 is 9.47 Å². The lowest BCUT2D eigenvalue weighted by Gasteiger charge is -2.26. The summed E-state index contributed by atoms with van der Waals surface area (Å²) in [5.74, 6) is 13.2.